The number of rotatable bonds is 6. The minimum absolute atomic E-state index is 0. The van der Waals surface area contributed by atoms with Crippen molar-refractivity contribution in [3.8, 4) is 0 Å². The highest BCUT2D eigenvalue weighted by Crippen LogP contribution is 1.90. The lowest BCUT2D eigenvalue weighted by Gasteiger charge is -2.12. The summed E-state index contributed by atoms with van der Waals surface area (Å²) in [6.45, 7) is 13.9. The van der Waals surface area contributed by atoms with Crippen LogP contribution in [0.1, 0.15) is 43.1 Å². The topological polar surface area (TPSA) is 27.7 Å². The van der Waals surface area contributed by atoms with E-state index in [2.05, 4.69) is 13.2 Å². The Labute approximate surface area is 99.4 Å². The lowest BCUT2D eigenvalue weighted by atomic mass is 10.9. The third-order valence-corrected chi connectivity index (χ3v) is 2.72. The molecule has 0 saturated heterocycles. The van der Waals surface area contributed by atoms with Crippen LogP contribution in [0.3, 0.4) is 0 Å². The Bertz CT molecular complexity index is 68.0. The molecule has 0 heterocycles. The van der Waals surface area contributed by atoms with Crippen LogP contribution < -0.4 is 0 Å². The molecule has 0 aromatic heterocycles. The SMILES string of the molecule is C.C.C.C=C.CCO[SiH](OCC)OCC. The molecule has 0 N–H and O–H groups in total. The molecule has 98 valence electrons. The normalized spacial score (nSPS) is 7.47. The lowest BCUT2D eigenvalue weighted by Crippen LogP contribution is -2.27. The summed E-state index contributed by atoms with van der Waals surface area (Å²) in [5.74, 6) is 0. The molecule has 0 amide bonds. The third-order valence-electron chi connectivity index (χ3n) is 0.908. The summed E-state index contributed by atoms with van der Waals surface area (Å²) in [6, 6.07) is 0. The molecule has 0 unspecified atom stereocenters. The Morgan fingerprint density at radius 1 is 0.733 bits per heavy atom. The predicted octanol–water partition coefficient (Wildman–Crippen LogP) is 3.52. The van der Waals surface area contributed by atoms with Crippen molar-refractivity contribution in [2.75, 3.05) is 19.8 Å². The standard InChI is InChI=1S/C6H16O3Si.C2H4.3CH4/c1-4-7-10(8-5-2)9-6-3;1-2;;;/h10H,4-6H2,1-3H3;1-2H2;3*1H4. The Balaban J connectivity index is -0.0000000626. The fourth-order valence-corrected chi connectivity index (χ4v) is 1.66. The van der Waals surface area contributed by atoms with Crippen LogP contribution >= 0.6 is 0 Å². The van der Waals surface area contributed by atoms with E-state index in [-0.39, 0.29) is 22.3 Å². The van der Waals surface area contributed by atoms with E-state index in [1.54, 1.807) is 0 Å². The average Bonchev–Trinajstić information content (AvgIpc) is 2.10. The molecule has 0 radical (unpaired) electrons. The fraction of sp³-hybridized carbons (Fsp3) is 0.818. The van der Waals surface area contributed by atoms with Gasteiger partial charge in [0.05, 0.1) is 0 Å². The zero-order valence-corrected chi connectivity index (χ0v) is 9.49. The number of hydrogen-bond donors (Lipinski definition) is 0. The van der Waals surface area contributed by atoms with Gasteiger partial charge in [0.1, 0.15) is 0 Å². The maximum atomic E-state index is 5.22. The van der Waals surface area contributed by atoms with Gasteiger partial charge in [0.25, 0.3) is 0 Å². The minimum atomic E-state index is -1.73. The Morgan fingerprint density at radius 3 is 1.07 bits per heavy atom. The number of hydrogen-bond acceptors (Lipinski definition) is 3. The molecule has 0 fully saturated rings. The van der Waals surface area contributed by atoms with Crippen LogP contribution in [0, 0.1) is 0 Å². The molecule has 0 aliphatic heterocycles. The largest absolute Gasteiger partial charge is 0.484 e. The molecule has 0 aliphatic carbocycles. The van der Waals surface area contributed by atoms with Crippen LogP contribution in [0.25, 0.3) is 0 Å². The van der Waals surface area contributed by atoms with Gasteiger partial charge in [-0.2, -0.15) is 0 Å². The van der Waals surface area contributed by atoms with Gasteiger partial charge in [-0.15, -0.1) is 13.2 Å². The fourth-order valence-electron chi connectivity index (χ4n) is 0.553. The average molecular weight is 240 g/mol. The van der Waals surface area contributed by atoms with E-state index in [0.717, 1.165) is 0 Å². The second kappa shape index (κ2) is 29.2. The molecule has 0 saturated carbocycles. The van der Waals surface area contributed by atoms with Crippen LogP contribution in [-0.4, -0.2) is 29.3 Å². The van der Waals surface area contributed by atoms with Gasteiger partial charge in [-0.25, -0.2) is 0 Å². The molecule has 0 bridgehead atoms. The summed E-state index contributed by atoms with van der Waals surface area (Å²) >= 11 is 0. The molecular formula is C11H32O3Si. The molecular weight excluding hydrogens is 208 g/mol. The van der Waals surface area contributed by atoms with Crippen LogP contribution in [-0.2, 0) is 13.3 Å². The van der Waals surface area contributed by atoms with E-state index in [1.165, 1.54) is 0 Å². The zero-order valence-electron chi connectivity index (χ0n) is 8.34. The molecule has 15 heavy (non-hydrogen) atoms. The molecule has 0 atom stereocenters. The maximum Gasteiger partial charge on any atom is 0.484 e. The van der Waals surface area contributed by atoms with Gasteiger partial charge in [0.15, 0.2) is 0 Å². The first kappa shape index (κ1) is 29.4. The molecule has 0 aliphatic rings. The van der Waals surface area contributed by atoms with E-state index < -0.39 is 9.53 Å². The summed E-state index contributed by atoms with van der Waals surface area (Å²) in [5.41, 5.74) is 0. The highest BCUT2D eigenvalue weighted by Gasteiger charge is 2.11. The van der Waals surface area contributed by atoms with E-state index in [1.807, 2.05) is 20.8 Å². The van der Waals surface area contributed by atoms with Crippen LogP contribution in [0.15, 0.2) is 13.2 Å². The van der Waals surface area contributed by atoms with Gasteiger partial charge in [-0.05, 0) is 20.8 Å². The smallest absolute Gasteiger partial charge is 0.376 e. The van der Waals surface area contributed by atoms with E-state index in [0.29, 0.717) is 19.8 Å². The van der Waals surface area contributed by atoms with Gasteiger partial charge < -0.3 is 13.3 Å². The Hall–Kier alpha value is -0.163. The minimum Gasteiger partial charge on any atom is -0.376 e. The van der Waals surface area contributed by atoms with Crippen molar-refractivity contribution in [2.24, 2.45) is 0 Å². The van der Waals surface area contributed by atoms with Crippen molar-refractivity contribution < 1.29 is 13.3 Å². The predicted molar refractivity (Wildman–Crippen MR) is 73.5 cm³/mol. The Kier molecular flexibility index (Phi) is 57.1. The van der Waals surface area contributed by atoms with E-state index >= 15 is 0 Å². The van der Waals surface area contributed by atoms with Crippen molar-refractivity contribution in [3.05, 3.63) is 13.2 Å². The van der Waals surface area contributed by atoms with Gasteiger partial charge in [-0.3, -0.25) is 0 Å². The maximum absolute atomic E-state index is 5.22. The first-order valence-electron chi connectivity index (χ1n) is 4.19. The van der Waals surface area contributed by atoms with Gasteiger partial charge in [0, 0.05) is 19.8 Å². The second-order valence-corrected chi connectivity index (χ2v) is 3.23. The van der Waals surface area contributed by atoms with Crippen molar-refractivity contribution in [1.29, 1.82) is 0 Å². The Morgan fingerprint density at radius 2 is 0.933 bits per heavy atom. The molecule has 0 spiro atoms. The third kappa shape index (κ3) is 24.8. The molecule has 0 aromatic rings. The first-order valence-corrected chi connectivity index (χ1v) is 5.61. The van der Waals surface area contributed by atoms with Gasteiger partial charge >= 0.3 is 9.53 Å². The van der Waals surface area contributed by atoms with Crippen molar-refractivity contribution in [3.63, 3.8) is 0 Å². The van der Waals surface area contributed by atoms with Crippen molar-refractivity contribution in [2.45, 2.75) is 43.1 Å². The summed E-state index contributed by atoms with van der Waals surface area (Å²) in [7, 11) is -1.73. The van der Waals surface area contributed by atoms with E-state index in [9.17, 15) is 0 Å². The van der Waals surface area contributed by atoms with Gasteiger partial charge in [-0.1, -0.05) is 22.3 Å². The monoisotopic (exact) mass is 240 g/mol. The quantitative estimate of drug-likeness (QED) is 0.525. The molecule has 4 heteroatoms. The summed E-state index contributed by atoms with van der Waals surface area (Å²) in [5, 5.41) is 0. The molecule has 3 nitrogen and oxygen atoms in total. The molecule has 0 aromatic carbocycles. The first-order chi connectivity index (χ1) is 5.85. The van der Waals surface area contributed by atoms with Crippen molar-refractivity contribution in [1.82, 2.24) is 0 Å². The van der Waals surface area contributed by atoms with Crippen LogP contribution in [0.5, 0.6) is 0 Å². The van der Waals surface area contributed by atoms with Crippen LogP contribution in [0.4, 0.5) is 0 Å². The highest BCUT2D eigenvalue weighted by molar-refractivity contribution is 6.36. The lowest BCUT2D eigenvalue weighted by molar-refractivity contribution is 0.107. The second-order valence-electron chi connectivity index (χ2n) is 1.65. The summed E-state index contributed by atoms with van der Waals surface area (Å²) < 4.78 is 15.7. The zero-order chi connectivity index (χ0) is 9.82. The van der Waals surface area contributed by atoms with E-state index in [4.69, 9.17) is 13.3 Å². The highest BCUT2D eigenvalue weighted by atomic mass is 28.3. The summed E-state index contributed by atoms with van der Waals surface area (Å²) in [4.78, 5) is 0. The van der Waals surface area contributed by atoms with Crippen LogP contribution in [0.2, 0.25) is 0 Å². The summed E-state index contributed by atoms with van der Waals surface area (Å²) in [6.07, 6.45) is 0. The molecule has 0 rings (SSSR count). The van der Waals surface area contributed by atoms with Gasteiger partial charge in [0.2, 0.25) is 0 Å². The van der Waals surface area contributed by atoms with Crippen molar-refractivity contribution >= 4 is 9.53 Å².